The van der Waals surface area contributed by atoms with E-state index in [-0.39, 0.29) is 18.4 Å². The van der Waals surface area contributed by atoms with Crippen molar-refractivity contribution in [1.82, 2.24) is 10.2 Å². The molecule has 2 unspecified atom stereocenters. The molecule has 0 aromatic rings. The van der Waals surface area contributed by atoms with Gasteiger partial charge in [-0.2, -0.15) is 0 Å². The zero-order chi connectivity index (χ0) is 13.5. The lowest BCUT2D eigenvalue weighted by Gasteiger charge is -2.29. The average Bonchev–Trinajstić information content (AvgIpc) is 2.29. The van der Waals surface area contributed by atoms with Gasteiger partial charge >= 0.3 is 0 Å². The van der Waals surface area contributed by atoms with Crippen LogP contribution in [0.25, 0.3) is 0 Å². The van der Waals surface area contributed by atoms with Crippen molar-refractivity contribution >= 4 is 11.8 Å². The molecule has 0 saturated carbocycles. The Morgan fingerprint density at radius 3 is 2.56 bits per heavy atom. The van der Waals surface area contributed by atoms with Crippen LogP contribution in [0.2, 0.25) is 0 Å². The van der Waals surface area contributed by atoms with Crippen LogP contribution in [-0.2, 0) is 14.3 Å². The Bertz CT molecular complexity index is 292. The molecule has 0 bridgehead atoms. The van der Waals surface area contributed by atoms with Crippen LogP contribution in [0.4, 0.5) is 0 Å². The van der Waals surface area contributed by atoms with Crippen molar-refractivity contribution < 1.29 is 14.3 Å². The van der Waals surface area contributed by atoms with Gasteiger partial charge in [-0.05, 0) is 6.92 Å². The van der Waals surface area contributed by atoms with Gasteiger partial charge in [0.15, 0.2) is 0 Å². The number of amides is 2. The molecule has 1 fully saturated rings. The number of primary amides is 1. The van der Waals surface area contributed by atoms with Crippen molar-refractivity contribution in [3.05, 3.63) is 0 Å². The highest BCUT2D eigenvalue weighted by Gasteiger charge is 2.19. The summed E-state index contributed by atoms with van der Waals surface area (Å²) < 4.78 is 5.24. The molecule has 1 aliphatic heterocycles. The van der Waals surface area contributed by atoms with Crippen molar-refractivity contribution in [2.75, 3.05) is 32.8 Å². The Hall–Kier alpha value is -1.18. The Morgan fingerprint density at radius 1 is 1.39 bits per heavy atom. The third-order valence-corrected chi connectivity index (χ3v) is 2.78. The van der Waals surface area contributed by atoms with Crippen LogP contribution in [0, 0.1) is 0 Å². The number of carbonyl (C=O) groups is 2. The van der Waals surface area contributed by atoms with Gasteiger partial charge in [0.1, 0.15) is 0 Å². The monoisotopic (exact) mass is 258 g/mol. The minimum atomic E-state index is -0.866. The van der Waals surface area contributed by atoms with Gasteiger partial charge in [-0.3, -0.25) is 14.5 Å². The van der Waals surface area contributed by atoms with Gasteiger partial charge < -0.3 is 21.5 Å². The van der Waals surface area contributed by atoms with Crippen LogP contribution in [0.5, 0.6) is 0 Å². The predicted molar refractivity (Wildman–Crippen MR) is 66.7 cm³/mol. The lowest BCUT2D eigenvalue weighted by atomic mass is 10.2. The van der Waals surface area contributed by atoms with Crippen molar-refractivity contribution in [3.8, 4) is 0 Å². The van der Waals surface area contributed by atoms with Gasteiger partial charge in [0.05, 0.1) is 25.7 Å². The van der Waals surface area contributed by atoms with Crippen molar-refractivity contribution in [1.29, 1.82) is 0 Å². The first-order valence-corrected chi connectivity index (χ1v) is 6.13. The lowest BCUT2D eigenvalue weighted by Crippen LogP contribution is -2.50. The number of nitrogens with zero attached hydrogens (tertiary/aromatic N) is 1. The fourth-order valence-electron chi connectivity index (χ4n) is 1.88. The van der Waals surface area contributed by atoms with Crippen LogP contribution in [-0.4, -0.2) is 61.6 Å². The summed E-state index contributed by atoms with van der Waals surface area (Å²) in [5, 5.41) is 2.78. The second-order valence-electron chi connectivity index (χ2n) is 4.60. The fourth-order valence-corrected chi connectivity index (χ4v) is 1.88. The second-order valence-corrected chi connectivity index (χ2v) is 4.60. The highest BCUT2D eigenvalue weighted by atomic mass is 16.5. The Labute approximate surface area is 107 Å². The highest BCUT2D eigenvalue weighted by Crippen LogP contribution is 1.99. The van der Waals surface area contributed by atoms with E-state index in [2.05, 4.69) is 10.2 Å². The smallest absolute Gasteiger partial charge is 0.237 e. The van der Waals surface area contributed by atoms with E-state index in [1.54, 1.807) is 0 Å². The zero-order valence-corrected chi connectivity index (χ0v) is 10.7. The molecule has 7 nitrogen and oxygen atoms in total. The first-order valence-electron chi connectivity index (χ1n) is 6.13. The molecular weight excluding hydrogens is 236 g/mol. The summed E-state index contributed by atoms with van der Waals surface area (Å²) >= 11 is 0. The normalized spacial score (nSPS) is 20.1. The zero-order valence-electron chi connectivity index (χ0n) is 10.7. The summed E-state index contributed by atoms with van der Waals surface area (Å²) in [7, 11) is 0. The molecule has 0 aliphatic carbocycles. The number of hydrogen-bond acceptors (Lipinski definition) is 5. The molecule has 104 valence electrons. The summed E-state index contributed by atoms with van der Waals surface area (Å²) in [4.78, 5) is 24.5. The lowest BCUT2D eigenvalue weighted by molar-refractivity contribution is -0.126. The van der Waals surface area contributed by atoms with Gasteiger partial charge in [0.25, 0.3) is 0 Å². The van der Waals surface area contributed by atoms with Crippen LogP contribution >= 0.6 is 0 Å². The summed E-state index contributed by atoms with van der Waals surface area (Å²) in [6.45, 7) is 5.84. The maximum absolute atomic E-state index is 11.6. The molecule has 0 spiro atoms. The van der Waals surface area contributed by atoms with Gasteiger partial charge in [-0.15, -0.1) is 0 Å². The first-order chi connectivity index (χ1) is 8.49. The van der Waals surface area contributed by atoms with E-state index in [1.165, 1.54) is 0 Å². The molecule has 0 radical (unpaired) electrons. The highest BCUT2D eigenvalue weighted by molar-refractivity contribution is 5.87. The van der Waals surface area contributed by atoms with E-state index in [9.17, 15) is 9.59 Å². The van der Waals surface area contributed by atoms with E-state index in [0.29, 0.717) is 0 Å². The maximum Gasteiger partial charge on any atom is 0.237 e. The molecular formula is C11H22N4O3. The predicted octanol–water partition coefficient (Wildman–Crippen LogP) is -1.97. The van der Waals surface area contributed by atoms with Gasteiger partial charge in [-0.25, -0.2) is 0 Å². The number of rotatable bonds is 6. The van der Waals surface area contributed by atoms with E-state index in [0.717, 1.165) is 32.8 Å². The van der Waals surface area contributed by atoms with Crippen molar-refractivity contribution in [2.24, 2.45) is 11.5 Å². The van der Waals surface area contributed by atoms with Gasteiger partial charge in [0, 0.05) is 25.7 Å². The summed E-state index contributed by atoms with van der Waals surface area (Å²) in [5.74, 6) is -0.909. The molecule has 18 heavy (non-hydrogen) atoms. The standard InChI is InChI=1S/C11H22N4O3/c1-8(7-15-2-4-18-5-3-15)14-11(17)9(12)6-10(13)16/h8-9H,2-7,12H2,1H3,(H2,13,16)(H,14,17). The molecule has 2 atom stereocenters. The number of ether oxygens (including phenoxy) is 1. The van der Waals surface area contributed by atoms with Gasteiger partial charge in [0.2, 0.25) is 11.8 Å². The van der Waals surface area contributed by atoms with Gasteiger partial charge in [-0.1, -0.05) is 0 Å². The van der Waals surface area contributed by atoms with E-state index in [4.69, 9.17) is 16.2 Å². The van der Waals surface area contributed by atoms with Crippen LogP contribution < -0.4 is 16.8 Å². The van der Waals surface area contributed by atoms with Crippen LogP contribution in [0.3, 0.4) is 0 Å². The number of nitrogens with two attached hydrogens (primary N) is 2. The van der Waals surface area contributed by atoms with E-state index in [1.807, 2.05) is 6.92 Å². The summed E-state index contributed by atoms with van der Waals surface area (Å²) in [6, 6.07) is -0.885. The SMILES string of the molecule is CC(CN1CCOCC1)NC(=O)C(N)CC(N)=O. The number of nitrogens with one attached hydrogen (secondary N) is 1. The molecule has 5 N–H and O–H groups in total. The number of morpholine rings is 1. The van der Waals surface area contributed by atoms with Crippen LogP contribution in [0.1, 0.15) is 13.3 Å². The molecule has 1 heterocycles. The largest absolute Gasteiger partial charge is 0.379 e. The van der Waals surface area contributed by atoms with Crippen molar-refractivity contribution in [2.45, 2.75) is 25.4 Å². The Morgan fingerprint density at radius 2 is 2.00 bits per heavy atom. The third-order valence-electron chi connectivity index (χ3n) is 2.78. The molecule has 2 amide bonds. The molecule has 1 rings (SSSR count). The average molecular weight is 258 g/mol. The Kier molecular flexibility index (Phi) is 6.03. The summed E-state index contributed by atoms with van der Waals surface area (Å²) in [5.41, 5.74) is 10.5. The fraction of sp³-hybridized carbons (Fsp3) is 0.818. The van der Waals surface area contributed by atoms with Crippen molar-refractivity contribution in [3.63, 3.8) is 0 Å². The summed E-state index contributed by atoms with van der Waals surface area (Å²) in [6.07, 6.45) is -0.129. The minimum Gasteiger partial charge on any atom is -0.379 e. The molecule has 1 aliphatic rings. The number of carbonyl (C=O) groups excluding carboxylic acids is 2. The number of hydrogen-bond donors (Lipinski definition) is 3. The topological polar surface area (TPSA) is 111 Å². The molecule has 1 saturated heterocycles. The minimum absolute atomic E-state index is 0.0190. The molecule has 7 heteroatoms. The maximum atomic E-state index is 11.6. The quantitative estimate of drug-likeness (QED) is 0.511. The van der Waals surface area contributed by atoms with E-state index < -0.39 is 11.9 Å². The van der Waals surface area contributed by atoms with E-state index >= 15 is 0 Å². The molecule has 0 aromatic carbocycles. The molecule has 0 aromatic heterocycles. The Balaban J connectivity index is 2.27. The third kappa shape index (κ3) is 5.44. The van der Waals surface area contributed by atoms with Crippen LogP contribution in [0.15, 0.2) is 0 Å². The second kappa shape index (κ2) is 7.30. The first kappa shape index (κ1) is 14.9.